The molecule has 3 aliphatic heterocycles. The summed E-state index contributed by atoms with van der Waals surface area (Å²) >= 11 is 0. The number of hydrogen-bond acceptors (Lipinski definition) is 5. The third-order valence-corrected chi connectivity index (χ3v) is 10.6. The summed E-state index contributed by atoms with van der Waals surface area (Å²) in [7, 11) is 0. The van der Waals surface area contributed by atoms with Gasteiger partial charge in [-0.2, -0.15) is 0 Å². The van der Waals surface area contributed by atoms with E-state index in [2.05, 4.69) is 13.2 Å². The number of aryl methyl sites for hydroxylation is 2. The van der Waals surface area contributed by atoms with Crippen molar-refractivity contribution in [3.8, 4) is 0 Å². The first kappa shape index (κ1) is 33.6. The molecule has 8 nitrogen and oxygen atoms in total. The van der Waals surface area contributed by atoms with Crippen molar-refractivity contribution < 1.29 is 24.2 Å². The van der Waals surface area contributed by atoms with Crippen molar-refractivity contribution in [2.75, 3.05) is 24.6 Å². The summed E-state index contributed by atoms with van der Waals surface area (Å²) in [4.78, 5) is 49.8. The van der Waals surface area contributed by atoms with E-state index in [1.165, 1.54) is 0 Å². The van der Waals surface area contributed by atoms with Crippen LogP contribution in [0.2, 0.25) is 0 Å². The van der Waals surface area contributed by atoms with Crippen LogP contribution in [0.25, 0.3) is 0 Å². The molecule has 246 valence electrons. The summed E-state index contributed by atoms with van der Waals surface area (Å²) in [5, 5.41) is 10.7. The first-order valence-electron chi connectivity index (χ1n) is 16.6. The minimum absolute atomic E-state index is 0.144. The third kappa shape index (κ3) is 5.29. The van der Waals surface area contributed by atoms with Gasteiger partial charge >= 0.3 is 0 Å². The molecule has 46 heavy (non-hydrogen) atoms. The molecule has 2 bridgehead atoms. The van der Waals surface area contributed by atoms with Crippen molar-refractivity contribution in [1.82, 2.24) is 9.80 Å². The predicted molar refractivity (Wildman–Crippen MR) is 180 cm³/mol. The summed E-state index contributed by atoms with van der Waals surface area (Å²) in [5.74, 6) is -2.52. The first-order chi connectivity index (χ1) is 22.0. The van der Waals surface area contributed by atoms with E-state index in [9.17, 15) is 14.7 Å². The molecule has 3 saturated heterocycles. The maximum atomic E-state index is 15.1. The Labute approximate surface area is 273 Å². The van der Waals surface area contributed by atoms with Gasteiger partial charge in [-0.15, -0.1) is 13.2 Å². The number of anilines is 1. The summed E-state index contributed by atoms with van der Waals surface area (Å²) in [6.45, 7) is 18.3. The molecule has 3 fully saturated rings. The lowest BCUT2D eigenvalue weighted by atomic mass is 9.64. The number of amides is 3. The van der Waals surface area contributed by atoms with Crippen molar-refractivity contribution in [3.63, 3.8) is 0 Å². The van der Waals surface area contributed by atoms with Crippen molar-refractivity contribution in [1.29, 1.82) is 0 Å². The Bertz CT molecular complexity index is 1470. The number of likely N-dealkylation sites (tertiary alicyclic amines) is 1. The second kappa shape index (κ2) is 13.2. The number of nitrogens with zero attached hydrogens (tertiary/aromatic N) is 3. The Hall–Kier alpha value is -3.75. The van der Waals surface area contributed by atoms with E-state index >= 15 is 4.79 Å². The number of benzene rings is 2. The zero-order valence-electron chi connectivity index (χ0n) is 27.9. The monoisotopic (exact) mass is 627 g/mol. The van der Waals surface area contributed by atoms with Crippen LogP contribution in [0.5, 0.6) is 0 Å². The van der Waals surface area contributed by atoms with Crippen LogP contribution in [0.3, 0.4) is 0 Å². The summed E-state index contributed by atoms with van der Waals surface area (Å²) in [6, 6.07) is 14.0. The van der Waals surface area contributed by atoms with E-state index in [0.29, 0.717) is 32.4 Å². The molecule has 2 aromatic carbocycles. The van der Waals surface area contributed by atoms with Crippen molar-refractivity contribution in [2.45, 2.75) is 83.7 Å². The Morgan fingerprint density at radius 1 is 1.02 bits per heavy atom. The highest BCUT2D eigenvalue weighted by molar-refractivity contribution is 6.06. The van der Waals surface area contributed by atoms with Gasteiger partial charge < -0.3 is 24.5 Å². The maximum absolute atomic E-state index is 15.1. The molecule has 6 atom stereocenters. The van der Waals surface area contributed by atoms with Crippen LogP contribution in [0.4, 0.5) is 5.69 Å². The second-order valence-corrected chi connectivity index (χ2v) is 13.5. The molecule has 5 rings (SSSR count). The van der Waals surface area contributed by atoms with Gasteiger partial charge in [-0.05, 0) is 55.7 Å². The SMILES string of the molecule is C=CCN(Cc1ccccc1)C(=O)[C@@H]1[C@H]2C(=O)N([C@@H](CO)C(C)C)C(C(=O)N(CC=C)c3c(C)cccc3C)C23CC[C@@]1(CC)O3. The van der Waals surface area contributed by atoms with E-state index in [1.54, 1.807) is 26.9 Å². The van der Waals surface area contributed by atoms with Crippen LogP contribution < -0.4 is 4.90 Å². The van der Waals surface area contributed by atoms with Crippen molar-refractivity contribution in [3.05, 3.63) is 90.5 Å². The zero-order valence-corrected chi connectivity index (χ0v) is 27.9. The average molecular weight is 628 g/mol. The minimum Gasteiger partial charge on any atom is -0.394 e. The van der Waals surface area contributed by atoms with Crippen LogP contribution in [0.15, 0.2) is 73.8 Å². The Balaban J connectivity index is 1.65. The van der Waals surface area contributed by atoms with Gasteiger partial charge in [-0.1, -0.05) is 81.5 Å². The summed E-state index contributed by atoms with van der Waals surface area (Å²) in [6.07, 6.45) is 4.96. The standard InChI is InChI=1S/C38H49N3O5/c1-8-21-39(23-28-17-12-11-13-18-28)34(43)30-31-35(44)41(29(24-42)25(4)5)33(38(31)20-19-37(30,10-3)46-38)36(45)40(22-9-2)32-26(6)15-14-16-27(32)7/h8-9,11-18,25,29-31,33,42H,1-2,10,19-24H2,3-7H3/t29-,30-,31-,33?,37+,38?/m0/s1. The topological polar surface area (TPSA) is 90.4 Å². The van der Waals surface area contributed by atoms with Crippen molar-refractivity contribution in [2.24, 2.45) is 17.8 Å². The number of para-hydroxylation sites is 1. The van der Waals surface area contributed by atoms with E-state index in [4.69, 9.17) is 4.74 Å². The molecular weight excluding hydrogens is 578 g/mol. The largest absolute Gasteiger partial charge is 0.394 e. The number of hydrogen-bond donors (Lipinski definition) is 1. The molecule has 0 saturated carbocycles. The van der Waals surface area contributed by atoms with Gasteiger partial charge in [0.05, 0.1) is 30.1 Å². The van der Waals surface area contributed by atoms with Crippen LogP contribution in [-0.2, 0) is 25.7 Å². The molecule has 2 aromatic rings. The number of aliphatic hydroxyl groups is 1. The van der Waals surface area contributed by atoms with Crippen LogP contribution in [0, 0.1) is 31.6 Å². The van der Waals surface area contributed by atoms with Gasteiger partial charge in [0.25, 0.3) is 5.91 Å². The van der Waals surface area contributed by atoms with E-state index in [0.717, 1.165) is 22.4 Å². The van der Waals surface area contributed by atoms with Crippen LogP contribution in [0.1, 0.15) is 56.7 Å². The number of carbonyl (C=O) groups is 3. The number of ether oxygens (including phenoxy) is 1. The number of aliphatic hydroxyl groups excluding tert-OH is 1. The lowest BCUT2D eigenvalue weighted by Crippen LogP contribution is -2.60. The molecule has 0 radical (unpaired) electrons. The van der Waals surface area contributed by atoms with Gasteiger partial charge in [-0.25, -0.2) is 0 Å². The number of fused-ring (bicyclic) bond motifs is 1. The fourth-order valence-corrected chi connectivity index (χ4v) is 8.48. The van der Waals surface area contributed by atoms with Gasteiger partial charge in [0.1, 0.15) is 11.6 Å². The summed E-state index contributed by atoms with van der Waals surface area (Å²) in [5.41, 5.74) is 1.51. The average Bonchev–Trinajstić information content (AvgIpc) is 3.64. The molecule has 0 aliphatic carbocycles. The normalized spacial score (nSPS) is 27.1. The molecule has 3 heterocycles. The summed E-state index contributed by atoms with van der Waals surface area (Å²) < 4.78 is 7.08. The Kier molecular flexibility index (Phi) is 9.62. The smallest absolute Gasteiger partial charge is 0.253 e. The van der Waals surface area contributed by atoms with Crippen molar-refractivity contribution >= 4 is 23.4 Å². The molecule has 3 amide bonds. The van der Waals surface area contributed by atoms with Gasteiger partial charge in [0.2, 0.25) is 11.8 Å². The second-order valence-electron chi connectivity index (χ2n) is 13.5. The third-order valence-electron chi connectivity index (χ3n) is 10.6. The van der Waals surface area contributed by atoms with Crippen LogP contribution >= 0.6 is 0 Å². The van der Waals surface area contributed by atoms with Gasteiger partial charge in [-0.3, -0.25) is 14.4 Å². The fraction of sp³-hybridized carbons (Fsp3) is 0.500. The molecular formula is C38H49N3O5. The quantitative estimate of drug-likeness (QED) is 0.308. The zero-order chi connectivity index (χ0) is 33.4. The van der Waals surface area contributed by atoms with Crippen LogP contribution in [-0.4, -0.2) is 75.6 Å². The molecule has 2 unspecified atom stereocenters. The lowest BCUT2D eigenvalue weighted by Gasteiger charge is -2.41. The minimum atomic E-state index is -1.21. The lowest BCUT2D eigenvalue weighted by molar-refractivity contribution is -0.154. The first-order valence-corrected chi connectivity index (χ1v) is 16.6. The molecule has 3 aliphatic rings. The molecule has 1 N–H and O–H groups in total. The van der Waals surface area contributed by atoms with Gasteiger partial charge in [0.15, 0.2) is 0 Å². The van der Waals surface area contributed by atoms with E-state index in [-0.39, 0.29) is 36.8 Å². The van der Waals surface area contributed by atoms with E-state index in [1.807, 2.05) is 83.1 Å². The number of rotatable bonds is 13. The molecule has 8 heteroatoms. The number of carbonyl (C=O) groups excluding carboxylic acids is 3. The molecule has 1 spiro atoms. The highest BCUT2D eigenvalue weighted by atomic mass is 16.5. The molecule has 0 aromatic heterocycles. The van der Waals surface area contributed by atoms with Gasteiger partial charge in [0, 0.05) is 25.3 Å². The highest BCUT2D eigenvalue weighted by Crippen LogP contribution is 2.65. The maximum Gasteiger partial charge on any atom is 0.253 e. The Morgan fingerprint density at radius 3 is 2.24 bits per heavy atom. The predicted octanol–water partition coefficient (Wildman–Crippen LogP) is 5.21. The van der Waals surface area contributed by atoms with E-state index < -0.39 is 35.1 Å². The fourth-order valence-electron chi connectivity index (χ4n) is 8.48. The Morgan fingerprint density at radius 2 is 1.67 bits per heavy atom. The highest BCUT2D eigenvalue weighted by Gasteiger charge is 2.79.